The van der Waals surface area contributed by atoms with Gasteiger partial charge in [-0.1, -0.05) is 18.2 Å². The van der Waals surface area contributed by atoms with Crippen molar-refractivity contribution in [2.24, 2.45) is 0 Å². The van der Waals surface area contributed by atoms with E-state index in [9.17, 15) is 4.79 Å². The van der Waals surface area contributed by atoms with E-state index in [1.165, 1.54) is 11.1 Å². The summed E-state index contributed by atoms with van der Waals surface area (Å²) in [5, 5.41) is 8.96. The second kappa shape index (κ2) is 4.98. The summed E-state index contributed by atoms with van der Waals surface area (Å²) in [7, 11) is 0. The van der Waals surface area contributed by atoms with E-state index in [4.69, 9.17) is 0 Å². The summed E-state index contributed by atoms with van der Waals surface area (Å²) in [4.78, 5) is 14.8. The van der Waals surface area contributed by atoms with Gasteiger partial charge in [0.15, 0.2) is 0 Å². The summed E-state index contributed by atoms with van der Waals surface area (Å²) >= 11 is 0. The van der Waals surface area contributed by atoms with Gasteiger partial charge in [-0.25, -0.2) is 10.4 Å². The second-order valence-corrected chi connectivity index (χ2v) is 6.04. The van der Waals surface area contributed by atoms with Gasteiger partial charge >= 0.3 is 0 Å². The summed E-state index contributed by atoms with van der Waals surface area (Å²) in [6.07, 6.45) is 1.04. The number of para-hydroxylation sites is 1. The molecule has 3 aliphatic rings. The van der Waals surface area contributed by atoms with Gasteiger partial charge in [0.25, 0.3) is 0 Å². The van der Waals surface area contributed by atoms with Crippen molar-refractivity contribution < 1.29 is 4.79 Å². The normalized spacial score (nSPS) is 28.1. The van der Waals surface area contributed by atoms with Crippen molar-refractivity contribution in [3.8, 4) is 0 Å². The number of hydrogen-bond acceptors (Lipinski definition) is 5. The lowest BCUT2D eigenvalue weighted by atomic mass is 10.1. The highest BCUT2D eigenvalue weighted by Crippen LogP contribution is 2.30. The zero-order chi connectivity index (χ0) is 14.4. The van der Waals surface area contributed by atoms with E-state index >= 15 is 0 Å². The van der Waals surface area contributed by atoms with Crippen LogP contribution < -0.4 is 16.1 Å². The van der Waals surface area contributed by atoms with E-state index < -0.39 is 0 Å². The summed E-state index contributed by atoms with van der Waals surface area (Å²) in [6.45, 7) is 5.30. The molecule has 0 bridgehead atoms. The Hall–Kier alpha value is -1.63. The number of hydrogen-bond donors (Lipinski definition) is 3. The molecule has 6 heteroatoms. The van der Waals surface area contributed by atoms with E-state index in [0.29, 0.717) is 0 Å². The van der Waals surface area contributed by atoms with E-state index in [-0.39, 0.29) is 18.1 Å². The molecule has 0 aliphatic carbocycles. The average Bonchev–Trinajstić information content (AvgIpc) is 3.12. The fraction of sp³-hybridized carbons (Fsp3) is 0.533. The van der Waals surface area contributed by atoms with Gasteiger partial charge in [-0.05, 0) is 18.1 Å². The van der Waals surface area contributed by atoms with Crippen LogP contribution in [0, 0.1) is 6.92 Å². The standard InChI is InChI=1S/C15H21N5O/c1-10-3-2-4-11-7-12(18-14(10)11)15(21)19-5-6-20-13(8-19)16-9-17-20/h2-4,12-13,16-18H,5-9H2,1H3. The number of carbonyl (C=O) groups is 1. The first-order valence-electron chi connectivity index (χ1n) is 7.60. The number of nitrogens with zero attached hydrogens (tertiary/aromatic N) is 2. The van der Waals surface area contributed by atoms with Crippen molar-refractivity contribution in [3.63, 3.8) is 0 Å². The van der Waals surface area contributed by atoms with Crippen LogP contribution in [-0.4, -0.2) is 54.3 Å². The van der Waals surface area contributed by atoms with Crippen LogP contribution >= 0.6 is 0 Å². The van der Waals surface area contributed by atoms with Gasteiger partial charge < -0.3 is 10.2 Å². The topological polar surface area (TPSA) is 59.6 Å². The van der Waals surface area contributed by atoms with Crippen molar-refractivity contribution in [2.45, 2.75) is 25.6 Å². The Labute approximate surface area is 124 Å². The van der Waals surface area contributed by atoms with Gasteiger partial charge in [-0.3, -0.25) is 10.1 Å². The number of fused-ring (bicyclic) bond motifs is 2. The monoisotopic (exact) mass is 287 g/mol. The number of amides is 1. The number of benzene rings is 1. The van der Waals surface area contributed by atoms with Crippen LogP contribution in [0.15, 0.2) is 18.2 Å². The Morgan fingerprint density at radius 2 is 2.24 bits per heavy atom. The van der Waals surface area contributed by atoms with Crippen molar-refractivity contribution in [3.05, 3.63) is 29.3 Å². The van der Waals surface area contributed by atoms with E-state index in [1.807, 2.05) is 4.90 Å². The smallest absolute Gasteiger partial charge is 0.245 e. The van der Waals surface area contributed by atoms with Crippen LogP contribution in [0.4, 0.5) is 5.69 Å². The SMILES string of the molecule is Cc1cccc2c1NC(C(=O)N1CCN3NCNC3C1)C2. The van der Waals surface area contributed by atoms with Crippen LogP contribution in [0.5, 0.6) is 0 Å². The van der Waals surface area contributed by atoms with Crippen molar-refractivity contribution in [2.75, 3.05) is 31.6 Å². The molecular formula is C15H21N5O. The molecule has 112 valence electrons. The van der Waals surface area contributed by atoms with Crippen molar-refractivity contribution >= 4 is 11.6 Å². The summed E-state index contributed by atoms with van der Waals surface area (Å²) in [6, 6.07) is 6.16. The highest BCUT2D eigenvalue weighted by atomic mass is 16.2. The summed E-state index contributed by atoms with van der Waals surface area (Å²) < 4.78 is 0. The third-order valence-electron chi connectivity index (χ3n) is 4.71. The van der Waals surface area contributed by atoms with E-state index in [2.05, 4.69) is 46.2 Å². The van der Waals surface area contributed by atoms with Gasteiger partial charge in [-0.15, -0.1) is 0 Å². The molecule has 1 aromatic rings. The first-order valence-corrected chi connectivity index (χ1v) is 7.60. The molecule has 6 nitrogen and oxygen atoms in total. The van der Waals surface area contributed by atoms with Crippen molar-refractivity contribution in [1.29, 1.82) is 0 Å². The molecule has 3 N–H and O–H groups in total. The lowest BCUT2D eigenvalue weighted by molar-refractivity contribution is -0.135. The van der Waals surface area contributed by atoms with Gasteiger partial charge in [0, 0.05) is 25.2 Å². The lowest BCUT2D eigenvalue weighted by Gasteiger charge is -2.37. The number of anilines is 1. The largest absolute Gasteiger partial charge is 0.373 e. The molecule has 2 saturated heterocycles. The lowest BCUT2D eigenvalue weighted by Crippen LogP contribution is -2.59. The molecule has 4 rings (SSSR count). The first kappa shape index (κ1) is 13.1. The predicted octanol–water partition coefficient (Wildman–Crippen LogP) is -0.133. The van der Waals surface area contributed by atoms with Gasteiger partial charge in [0.1, 0.15) is 6.04 Å². The fourth-order valence-electron chi connectivity index (χ4n) is 3.53. The van der Waals surface area contributed by atoms with Gasteiger partial charge in [0.2, 0.25) is 5.91 Å². The Morgan fingerprint density at radius 3 is 3.10 bits per heavy atom. The molecule has 3 aliphatic heterocycles. The van der Waals surface area contributed by atoms with Crippen LogP contribution in [0.3, 0.4) is 0 Å². The number of hydrazine groups is 1. The van der Waals surface area contributed by atoms with Crippen LogP contribution in [0.1, 0.15) is 11.1 Å². The maximum absolute atomic E-state index is 12.8. The molecule has 0 aromatic heterocycles. The second-order valence-electron chi connectivity index (χ2n) is 6.04. The molecule has 21 heavy (non-hydrogen) atoms. The molecular weight excluding hydrogens is 266 g/mol. The molecule has 0 saturated carbocycles. The third-order valence-corrected chi connectivity index (χ3v) is 4.71. The highest BCUT2D eigenvalue weighted by Gasteiger charge is 2.36. The Kier molecular flexibility index (Phi) is 3.10. The fourth-order valence-corrected chi connectivity index (χ4v) is 3.53. The molecule has 3 heterocycles. The molecule has 1 aromatic carbocycles. The quantitative estimate of drug-likeness (QED) is 0.671. The third kappa shape index (κ3) is 2.19. The minimum Gasteiger partial charge on any atom is -0.373 e. The van der Waals surface area contributed by atoms with Crippen LogP contribution in [-0.2, 0) is 11.2 Å². The van der Waals surface area contributed by atoms with Gasteiger partial charge in [0.05, 0.1) is 19.4 Å². The Bertz CT molecular complexity index is 575. The molecule has 0 radical (unpaired) electrons. The predicted molar refractivity (Wildman–Crippen MR) is 80.5 cm³/mol. The molecule has 2 unspecified atom stereocenters. The number of aryl methyl sites for hydroxylation is 1. The van der Waals surface area contributed by atoms with Gasteiger partial charge in [-0.2, -0.15) is 0 Å². The van der Waals surface area contributed by atoms with Crippen LogP contribution in [0.2, 0.25) is 0 Å². The van der Waals surface area contributed by atoms with Crippen molar-refractivity contribution in [1.82, 2.24) is 20.7 Å². The Morgan fingerprint density at radius 1 is 1.33 bits per heavy atom. The van der Waals surface area contributed by atoms with E-state index in [0.717, 1.165) is 38.4 Å². The summed E-state index contributed by atoms with van der Waals surface area (Å²) in [5.41, 5.74) is 6.90. The molecule has 1 amide bonds. The zero-order valence-electron chi connectivity index (χ0n) is 12.2. The molecule has 2 fully saturated rings. The number of nitrogens with one attached hydrogen (secondary N) is 3. The summed E-state index contributed by atoms with van der Waals surface area (Å²) in [5.74, 6) is 0.221. The maximum Gasteiger partial charge on any atom is 0.245 e. The molecule has 2 atom stereocenters. The minimum atomic E-state index is -0.109. The molecule has 0 spiro atoms. The average molecular weight is 287 g/mol. The minimum absolute atomic E-state index is 0.109. The number of piperazine rings is 1. The zero-order valence-corrected chi connectivity index (χ0v) is 12.2. The van der Waals surface area contributed by atoms with E-state index in [1.54, 1.807) is 0 Å². The number of carbonyl (C=O) groups excluding carboxylic acids is 1. The van der Waals surface area contributed by atoms with Crippen LogP contribution in [0.25, 0.3) is 0 Å². The highest BCUT2D eigenvalue weighted by molar-refractivity contribution is 5.88. The maximum atomic E-state index is 12.8. The Balaban J connectivity index is 1.46. The first-order chi connectivity index (χ1) is 10.2. The number of rotatable bonds is 1.